The van der Waals surface area contributed by atoms with E-state index >= 15 is 0 Å². The van der Waals surface area contributed by atoms with Gasteiger partial charge >= 0.3 is 0 Å². The fraction of sp³-hybridized carbons (Fsp3) is 0.375. The van der Waals surface area contributed by atoms with Crippen LogP contribution in [0.25, 0.3) is 0 Å². The molecule has 0 saturated heterocycles. The zero-order valence-corrected chi connectivity index (χ0v) is 12.3. The average Bonchev–Trinajstić information content (AvgIpc) is 2.90. The Kier molecular flexibility index (Phi) is 3.64. The van der Waals surface area contributed by atoms with E-state index in [9.17, 15) is 4.79 Å². The summed E-state index contributed by atoms with van der Waals surface area (Å²) >= 11 is 0. The fourth-order valence-corrected chi connectivity index (χ4v) is 2.98. The van der Waals surface area contributed by atoms with Crippen LogP contribution in [0, 0.1) is 0 Å². The van der Waals surface area contributed by atoms with Crippen LogP contribution in [-0.4, -0.2) is 18.1 Å². The lowest BCUT2D eigenvalue weighted by molar-refractivity contribution is -0.114. The molecule has 3 rings (SSSR count). The first-order valence-electron chi connectivity index (χ1n) is 7.22. The number of aromatic nitrogens is 1. The zero-order chi connectivity index (χ0) is 14.8. The summed E-state index contributed by atoms with van der Waals surface area (Å²) in [5.41, 5.74) is 4.26. The molecule has 1 aromatic carbocycles. The lowest BCUT2D eigenvalue weighted by Crippen LogP contribution is -2.11. The topological polar surface area (TPSA) is 67.2 Å². The first-order valence-corrected chi connectivity index (χ1v) is 7.22. The van der Waals surface area contributed by atoms with Crippen molar-refractivity contribution in [3.63, 3.8) is 0 Å². The molecule has 1 heterocycles. The van der Waals surface area contributed by atoms with Crippen LogP contribution in [0.5, 0.6) is 0 Å². The summed E-state index contributed by atoms with van der Waals surface area (Å²) in [6.07, 6.45) is 3.21. The molecular weight excluding hydrogens is 266 g/mol. The predicted molar refractivity (Wildman–Crippen MR) is 81.6 cm³/mol. The third-order valence-electron chi connectivity index (χ3n) is 3.93. The molecule has 1 aromatic heterocycles. The average molecular weight is 285 g/mol. The number of nitrogens with zero attached hydrogens (tertiary/aromatic N) is 1. The third kappa shape index (κ3) is 2.63. The van der Waals surface area contributed by atoms with E-state index in [-0.39, 0.29) is 11.8 Å². The van der Waals surface area contributed by atoms with Crippen molar-refractivity contribution in [3.8, 4) is 0 Å². The van der Waals surface area contributed by atoms with Gasteiger partial charge in [-0.25, -0.2) is 0 Å². The molecule has 2 aromatic rings. The number of carbonyl (C=O) groups is 1. The van der Waals surface area contributed by atoms with Gasteiger partial charge in [-0.2, -0.15) is 0 Å². The Morgan fingerprint density at radius 1 is 1.33 bits per heavy atom. The molecule has 21 heavy (non-hydrogen) atoms. The standard InChI is InChI=1S/C16H19N3O2/c1-10(20)18-12-8-6-11(7-9-12)13-4-3-5-14-15(13)19-21-16(14)17-2/h6-9,13,17H,3-5H2,1-2H3,(H,18,20). The van der Waals surface area contributed by atoms with E-state index in [2.05, 4.69) is 27.9 Å². The summed E-state index contributed by atoms with van der Waals surface area (Å²) in [6.45, 7) is 1.51. The number of nitrogens with one attached hydrogen (secondary N) is 2. The second kappa shape index (κ2) is 5.60. The predicted octanol–water partition coefficient (Wildman–Crippen LogP) is 3.14. The van der Waals surface area contributed by atoms with Gasteiger partial charge in [0.1, 0.15) is 0 Å². The van der Waals surface area contributed by atoms with Crippen molar-refractivity contribution in [1.82, 2.24) is 5.16 Å². The number of anilines is 2. The minimum Gasteiger partial charge on any atom is -0.357 e. The summed E-state index contributed by atoms with van der Waals surface area (Å²) in [5, 5.41) is 10.1. The zero-order valence-electron chi connectivity index (χ0n) is 12.3. The van der Waals surface area contributed by atoms with Crippen molar-refractivity contribution in [2.24, 2.45) is 0 Å². The Balaban J connectivity index is 1.88. The van der Waals surface area contributed by atoms with Gasteiger partial charge in [0.2, 0.25) is 11.8 Å². The molecule has 5 heteroatoms. The van der Waals surface area contributed by atoms with Crippen LogP contribution in [-0.2, 0) is 11.2 Å². The van der Waals surface area contributed by atoms with Crippen molar-refractivity contribution < 1.29 is 9.32 Å². The van der Waals surface area contributed by atoms with Crippen LogP contribution < -0.4 is 10.6 Å². The largest absolute Gasteiger partial charge is 0.357 e. The van der Waals surface area contributed by atoms with Crippen LogP contribution in [0.3, 0.4) is 0 Å². The van der Waals surface area contributed by atoms with E-state index in [0.717, 1.165) is 36.5 Å². The first-order chi connectivity index (χ1) is 10.2. The van der Waals surface area contributed by atoms with Gasteiger partial charge in [0.05, 0.1) is 5.69 Å². The minimum atomic E-state index is -0.0575. The summed E-state index contributed by atoms with van der Waals surface area (Å²) in [7, 11) is 1.85. The molecule has 0 fully saturated rings. The van der Waals surface area contributed by atoms with Gasteiger partial charge in [0, 0.05) is 31.1 Å². The fourth-order valence-electron chi connectivity index (χ4n) is 2.98. The second-order valence-electron chi connectivity index (χ2n) is 5.37. The molecule has 1 unspecified atom stereocenters. The number of amides is 1. The van der Waals surface area contributed by atoms with Crippen LogP contribution >= 0.6 is 0 Å². The summed E-state index contributed by atoms with van der Waals surface area (Å²) in [5.74, 6) is 0.994. The molecule has 1 atom stereocenters. The minimum absolute atomic E-state index is 0.0575. The van der Waals surface area contributed by atoms with Crippen molar-refractivity contribution in [3.05, 3.63) is 41.1 Å². The summed E-state index contributed by atoms with van der Waals surface area (Å²) < 4.78 is 5.38. The maximum Gasteiger partial charge on any atom is 0.227 e. The monoisotopic (exact) mass is 285 g/mol. The molecule has 1 aliphatic rings. The molecule has 5 nitrogen and oxygen atoms in total. The van der Waals surface area contributed by atoms with Gasteiger partial charge in [-0.05, 0) is 37.0 Å². The number of hydrogen-bond acceptors (Lipinski definition) is 4. The molecule has 2 N–H and O–H groups in total. The van der Waals surface area contributed by atoms with E-state index in [1.165, 1.54) is 18.1 Å². The van der Waals surface area contributed by atoms with Gasteiger partial charge in [-0.1, -0.05) is 17.3 Å². The maximum atomic E-state index is 11.1. The molecule has 0 bridgehead atoms. The highest BCUT2D eigenvalue weighted by Crippen LogP contribution is 2.39. The highest BCUT2D eigenvalue weighted by atomic mass is 16.5. The molecule has 1 amide bonds. The van der Waals surface area contributed by atoms with Crippen LogP contribution in [0.2, 0.25) is 0 Å². The Morgan fingerprint density at radius 3 is 2.76 bits per heavy atom. The molecule has 0 spiro atoms. The normalized spacial score (nSPS) is 17.1. The van der Waals surface area contributed by atoms with Crippen molar-refractivity contribution in [2.45, 2.75) is 32.1 Å². The van der Waals surface area contributed by atoms with Crippen molar-refractivity contribution in [1.29, 1.82) is 0 Å². The Bertz CT molecular complexity index is 646. The molecule has 0 aliphatic heterocycles. The van der Waals surface area contributed by atoms with Crippen molar-refractivity contribution in [2.75, 3.05) is 17.7 Å². The number of rotatable bonds is 3. The van der Waals surface area contributed by atoms with Crippen LogP contribution in [0.1, 0.15) is 42.5 Å². The first kappa shape index (κ1) is 13.7. The van der Waals surface area contributed by atoms with Gasteiger partial charge in [-0.3, -0.25) is 4.79 Å². The molecular formula is C16H19N3O2. The summed E-state index contributed by atoms with van der Waals surface area (Å²) in [6, 6.07) is 7.98. The van der Waals surface area contributed by atoms with Gasteiger partial charge in [0.25, 0.3) is 0 Å². The molecule has 1 aliphatic carbocycles. The van der Waals surface area contributed by atoms with E-state index in [1.807, 2.05) is 19.2 Å². The van der Waals surface area contributed by atoms with E-state index < -0.39 is 0 Å². The lowest BCUT2D eigenvalue weighted by atomic mass is 9.83. The van der Waals surface area contributed by atoms with E-state index in [0.29, 0.717) is 0 Å². The number of benzene rings is 1. The molecule has 110 valence electrons. The smallest absolute Gasteiger partial charge is 0.227 e. The molecule has 0 radical (unpaired) electrons. The Labute approximate surface area is 123 Å². The SMILES string of the molecule is CNc1onc2c1CCCC2c1ccc(NC(C)=O)cc1. The highest BCUT2D eigenvalue weighted by Gasteiger charge is 2.28. The Hall–Kier alpha value is -2.30. The van der Waals surface area contributed by atoms with E-state index in [4.69, 9.17) is 4.52 Å². The lowest BCUT2D eigenvalue weighted by Gasteiger charge is -2.21. The molecule has 0 saturated carbocycles. The maximum absolute atomic E-state index is 11.1. The van der Waals surface area contributed by atoms with Crippen molar-refractivity contribution >= 4 is 17.5 Å². The van der Waals surface area contributed by atoms with Gasteiger partial charge in [0.15, 0.2) is 0 Å². The highest BCUT2D eigenvalue weighted by molar-refractivity contribution is 5.88. The number of carbonyl (C=O) groups excluding carboxylic acids is 1. The summed E-state index contributed by atoms with van der Waals surface area (Å²) in [4.78, 5) is 11.1. The second-order valence-corrected chi connectivity index (χ2v) is 5.37. The van der Waals surface area contributed by atoms with Gasteiger partial charge < -0.3 is 15.2 Å². The quantitative estimate of drug-likeness (QED) is 0.909. The third-order valence-corrected chi connectivity index (χ3v) is 3.93. The van der Waals surface area contributed by atoms with Crippen LogP contribution in [0.4, 0.5) is 11.6 Å². The van der Waals surface area contributed by atoms with E-state index in [1.54, 1.807) is 0 Å². The number of hydrogen-bond donors (Lipinski definition) is 2. The van der Waals surface area contributed by atoms with Crippen LogP contribution in [0.15, 0.2) is 28.8 Å². The number of fused-ring (bicyclic) bond motifs is 1. The Morgan fingerprint density at radius 2 is 2.10 bits per heavy atom. The van der Waals surface area contributed by atoms with Gasteiger partial charge in [-0.15, -0.1) is 0 Å².